The van der Waals surface area contributed by atoms with Gasteiger partial charge in [-0.05, 0) is 48.7 Å². The molecule has 0 aromatic heterocycles. The minimum absolute atomic E-state index is 0.000688. The number of β-lactam (4-membered cyclic amide) rings is 1. The molecule has 2 aromatic rings. The Morgan fingerprint density at radius 2 is 1.86 bits per heavy atom. The second-order valence-corrected chi connectivity index (χ2v) is 12.6. The number of carbonyl (C=O) groups is 3. The number of nitrogens with zero attached hydrogens (tertiary/aromatic N) is 2. The standard InChI is InChI=1S/C30H35N5O8S/c1-16-25-24(17(2)36)28(37)34(25)26(29(38)39)27(16)44-23-11-21(32-14-23)13-31-20-7-3-18(4-8-20)12-33-30(40)43-15-19-5-9-22(10-6-19)35(41)42/h3-10,16-17,21,23-25,31-32,36H,11-15H2,1-2H3,(H,33,40)(H,38,39)/t16-,17-,21+,23+,24-,25-/m1/s1. The summed E-state index contributed by atoms with van der Waals surface area (Å²) in [5.74, 6) is -2.15. The van der Waals surface area contributed by atoms with Crippen molar-refractivity contribution in [2.75, 3.05) is 18.4 Å². The molecule has 0 spiro atoms. The molecule has 2 saturated heterocycles. The molecule has 2 fully saturated rings. The lowest BCUT2D eigenvalue weighted by Crippen LogP contribution is -2.63. The van der Waals surface area contributed by atoms with Gasteiger partial charge in [0.2, 0.25) is 5.91 Å². The smallest absolute Gasteiger partial charge is 0.407 e. The number of nitro benzene ring substituents is 1. The molecule has 3 heterocycles. The van der Waals surface area contributed by atoms with Crippen molar-refractivity contribution in [3.05, 3.63) is 80.4 Å². The summed E-state index contributed by atoms with van der Waals surface area (Å²) in [5.41, 5.74) is 2.47. The van der Waals surface area contributed by atoms with E-state index in [4.69, 9.17) is 4.74 Å². The maximum Gasteiger partial charge on any atom is 0.407 e. The number of hydrogen-bond acceptors (Lipinski definition) is 10. The summed E-state index contributed by atoms with van der Waals surface area (Å²) in [5, 5.41) is 40.4. The van der Waals surface area contributed by atoms with Crippen LogP contribution in [0.1, 0.15) is 31.4 Å². The topological polar surface area (TPSA) is 183 Å². The predicted molar refractivity (Wildman–Crippen MR) is 162 cm³/mol. The van der Waals surface area contributed by atoms with Gasteiger partial charge in [-0.1, -0.05) is 19.1 Å². The molecule has 6 atom stereocenters. The Morgan fingerprint density at radius 3 is 2.50 bits per heavy atom. The van der Waals surface area contributed by atoms with E-state index in [0.717, 1.165) is 17.7 Å². The van der Waals surface area contributed by atoms with E-state index in [1.807, 2.05) is 31.2 Å². The van der Waals surface area contributed by atoms with Gasteiger partial charge < -0.3 is 35.8 Å². The van der Waals surface area contributed by atoms with Gasteiger partial charge in [-0.15, -0.1) is 11.8 Å². The third-order valence-corrected chi connectivity index (χ3v) is 9.76. The number of nitrogens with one attached hydrogen (secondary N) is 3. The number of hydrogen-bond donors (Lipinski definition) is 5. The Morgan fingerprint density at radius 1 is 1.18 bits per heavy atom. The molecule has 0 unspecified atom stereocenters. The number of carbonyl (C=O) groups excluding carboxylic acids is 2. The average molecular weight is 626 g/mol. The molecule has 0 radical (unpaired) electrons. The summed E-state index contributed by atoms with van der Waals surface area (Å²) in [6.45, 7) is 5.16. The van der Waals surface area contributed by atoms with Crippen LogP contribution in [0, 0.1) is 22.0 Å². The van der Waals surface area contributed by atoms with E-state index in [1.54, 1.807) is 19.1 Å². The quantitative estimate of drug-likeness (QED) is 0.133. The van der Waals surface area contributed by atoms with Gasteiger partial charge in [-0.3, -0.25) is 14.9 Å². The van der Waals surface area contributed by atoms with Crippen molar-refractivity contribution in [1.82, 2.24) is 15.5 Å². The highest BCUT2D eigenvalue weighted by Gasteiger charge is 2.60. The highest BCUT2D eigenvalue weighted by molar-refractivity contribution is 8.03. The van der Waals surface area contributed by atoms with Crippen LogP contribution in [0.2, 0.25) is 0 Å². The number of aliphatic hydroxyl groups excluding tert-OH is 1. The fourth-order valence-corrected chi connectivity index (χ4v) is 7.47. The van der Waals surface area contributed by atoms with E-state index in [-0.39, 0.29) is 53.7 Å². The largest absolute Gasteiger partial charge is 0.477 e. The van der Waals surface area contributed by atoms with Crippen LogP contribution < -0.4 is 16.0 Å². The predicted octanol–water partition coefficient (Wildman–Crippen LogP) is 3.05. The van der Waals surface area contributed by atoms with Gasteiger partial charge in [0.1, 0.15) is 12.3 Å². The first-order chi connectivity index (χ1) is 21.0. The van der Waals surface area contributed by atoms with Crippen LogP contribution in [0.4, 0.5) is 16.2 Å². The van der Waals surface area contributed by atoms with Gasteiger partial charge in [0.15, 0.2) is 0 Å². The summed E-state index contributed by atoms with van der Waals surface area (Å²) in [4.78, 5) is 49.0. The second-order valence-electron chi connectivity index (χ2n) is 11.3. The fraction of sp³-hybridized carbons (Fsp3) is 0.433. The molecule has 44 heavy (non-hydrogen) atoms. The number of aliphatic hydroxyl groups is 1. The summed E-state index contributed by atoms with van der Waals surface area (Å²) in [6, 6.07) is 13.3. The van der Waals surface area contributed by atoms with E-state index in [9.17, 15) is 34.7 Å². The molecule has 0 saturated carbocycles. The van der Waals surface area contributed by atoms with E-state index in [1.165, 1.54) is 28.8 Å². The minimum Gasteiger partial charge on any atom is -0.477 e. The number of nitro groups is 1. The number of fused-ring (bicyclic) bond motifs is 1. The lowest BCUT2D eigenvalue weighted by atomic mass is 9.79. The number of benzene rings is 2. The molecule has 0 bridgehead atoms. The molecule has 2 aromatic carbocycles. The summed E-state index contributed by atoms with van der Waals surface area (Å²) in [6.07, 6.45) is -0.594. The highest BCUT2D eigenvalue weighted by atomic mass is 32.2. The normalized spacial score (nSPS) is 24.8. The van der Waals surface area contributed by atoms with E-state index < -0.39 is 29.0 Å². The van der Waals surface area contributed by atoms with Crippen LogP contribution in [0.15, 0.2) is 59.1 Å². The maximum atomic E-state index is 12.6. The van der Waals surface area contributed by atoms with Crippen molar-refractivity contribution in [2.45, 2.75) is 56.9 Å². The van der Waals surface area contributed by atoms with Crippen LogP contribution >= 0.6 is 11.8 Å². The number of carboxylic acid groups (broad SMARTS) is 1. The zero-order valence-electron chi connectivity index (χ0n) is 24.3. The van der Waals surface area contributed by atoms with Crippen LogP contribution in [-0.4, -0.2) is 74.5 Å². The molecule has 0 aliphatic carbocycles. The molecule has 5 rings (SSSR count). The van der Waals surface area contributed by atoms with E-state index >= 15 is 0 Å². The number of alkyl carbamates (subject to hydrolysis) is 1. The Kier molecular flexibility index (Phi) is 9.42. The van der Waals surface area contributed by atoms with Crippen molar-refractivity contribution in [3.63, 3.8) is 0 Å². The molecule has 3 aliphatic heterocycles. The van der Waals surface area contributed by atoms with Gasteiger partial charge in [0, 0.05) is 59.6 Å². The van der Waals surface area contributed by atoms with Crippen LogP contribution in [0.25, 0.3) is 0 Å². The lowest BCUT2D eigenvalue weighted by Gasteiger charge is -2.46. The molecule has 3 aliphatic rings. The SMILES string of the molecule is C[C@@H](O)[C@H]1C(=O)N2C(C(=O)O)=C(S[C@@H]3CN[C@H](CNc4ccc(CNC(=O)OCc5ccc([N+](=O)[O-])cc5)cc4)C3)[C@H](C)[C@H]12. The van der Waals surface area contributed by atoms with Gasteiger partial charge in [0.05, 0.1) is 23.0 Å². The Hall–Kier alpha value is -4.14. The highest BCUT2D eigenvalue weighted by Crippen LogP contribution is 2.51. The average Bonchev–Trinajstić information content (AvgIpc) is 3.54. The van der Waals surface area contributed by atoms with Crippen LogP contribution in [0.3, 0.4) is 0 Å². The van der Waals surface area contributed by atoms with Crippen molar-refractivity contribution in [3.8, 4) is 0 Å². The van der Waals surface area contributed by atoms with E-state index in [0.29, 0.717) is 23.6 Å². The van der Waals surface area contributed by atoms with Gasteiger partial charge >= 0.3 is 12.1 Å². The fourth-order valence-electron chi connectivity index (χ4n) is 5.96. The van der Waals surface area contributed by atoms with Gasteiger partial charge in [-0.2, -0.15) is 0 Å². The number of non-ortho nitro benzene ring substituents is 1. The molecule has 13 nitrogen and oxygen atoms in total. The number of carboxylic acids is 1. The van der Waals surface area contributed by atoms with Crippen molar-refractivity contribution < 1.29 is 34.3 Å². The molecule has 5 N–H and O–H groups in total. The molecular formula is C30H35N5O8S. The van der Waals surface area contributed by atoms with Crippen LogP contribution in [-0.2, 0) is 27.5 Å². The first-order valence-corrected chi connectivity index (χ1v) is 15.3. The van der Waals surface area contributed by atoms with E-state index in [2.05, 4.69) is 16.0 Å². The molecule has 2 amide bonds. The monoisotopic (exact) mass is 625 g/mol. The summed E-state index contributed by atoms with van der Waals surface area (Å²) >= 11 is 1.53. The van der Waals surface area contributed by atoms with Crippen LogP contribution in [0.5, 0.6) is 0 Å². The third-order valence-electron chi connectivity index (χ3n) is 8.25. The van der Waals surface area contributed by atoms with Crippen molar-refractivity contribution >= 4 is 41.1 Å². The van der Waals surface area contributed by atoms with Gasteiger partial charge in [0.25, 0.3) is 5.69 Å². The molecular weight excluding hydrogens is 590 g/mol. The van der Waals surface area contributed by atoms with Crippen molar-refractivity contribution in [1.29, 1.82) is 0 Å². The first-order valence-electron chi connectivity index (χ1n) is 14.4. The first kappa shape index (κ1) is 31.3. The zero-order valence-corrected chi connectivity index (χ0v) is 25.1. The third kappa shape index (κ3) is 6.66. The molecule has 14 heteroatoms. The number of amides is 2. The Bertz CT molecular complexity index is 1450. The van der Waals surface area contributed by atoms with Gasteiger partial charge in [-0.25, -0.2) is 9.59 Å². The number of ether oxygens (including phenoxy) is 1. The maximum absolute atomic E-state index is 12.6. The number of anilines is 1. The Balaban J connectivity index is 1.04. The number of thioether (sulfide) groups is 1. The summed E-state index contributed by atoms with van der Waals surface area (Å²) < 4.78 is 5.18. The summed E-state index contributed by atoms with van der Waals surface area (Å²) in [7, 11) is 0. The number of aliphatic carboxylic acids is 1. The minimum atomic E-state index is -1.11. The van der Waals surface area contributed by atoms with Crippen molar-refractivity contribution in [2.24, 2.45) is 11.8 Å². The molecule has 234 valence electrons. The lowest BCUT2D eigenvalue weighted by molar-refractivity contribution is -0.384. The Labute approximate surface area is 258 Å². The zero-order chi connectivity index (χ0) is 31.5. The number of rotatable bonds is 12. The second kappa shape index (κ2) is 13.2.